The van der Waals surface area contributed by atoms with Crippen molar-refractivity contribution in [3.63, 3.8) is 0 Å². The zero-order chi connectivity index (χ0) is 15.2. The SMILES string of the molecule is O=C(CSc1ccccn1)NCCc1c[nH]c2ccccc12. The van der Waals surface area contributed by atoms with E-state index < -0.39 is 0 Å². The lowest BCUT2D eigenvalue weighted by Crippen LogP contribution is -2.27. The van der Waals surface area contributed by atoms with E-state index in [2.05, 4.69) is 27.4 Å². The number of carbonyl (C=O) groups is 1. The number of hydrogen-bond donors (Lipinski definition) is 2. The summed E-state index contributed by atoms with van der Waals surface area (Å²) in [6.45, 7) is 0.642. The Bertz CT molecular complexity index is 755. The van der Waals surface area contributed by atoms with Crippen molar-refractivity contribution in [3.8, 4) is 0 Å². The summed E-state index contributed by atoms with van der Waals surface area (Å²) in [6.07, 6.45) is 4.57. The van der Waals surface area contributed by atoms with Gasteiger partial charge in [0.05, 0.1) is 10.8 Å². The molecule has 4 nitrogen and oxygen atoms in total. The number of H-pyrrole nitrogens is 1. The topological polar surface area (TPSA) is 57.8 Å². The number of aromatic amines is 1. The lowest BCUT2D eigenvalue weighted by molar-refractivity contribution is -0.118. The maximum atomic E-state index is 11.8. The van der Waals surface area contributed by atoms with E-state index in [9.17, 15) is 4.79 Å². The number of para-hydroxylation sites is 1. The fraction of sp³-hybridized carbons (Fsp3) is 0.176. The van der Waals surface area contributed by atoms with Gasteiger partial charge >= 0.3 is 0 Å². The number of hydrogen-bond acceptors (Lipinski definition) is 3. The Morgan fingerprint density at radius 1 is 1.18 bits per heavy atom. The van der Waals surface area contributed by atoms with Crippen molar-refractivity contribution in [1.29, 1.82) is 0 Å². The van der Waals surface area contributed by atoms with Crippen molar-refractivity contribution < 1.29 is 4.79 Å². The molecule has 2 aromatic heterocycles. The standard InChI is InChI=1S/C17H17N3OS/c21-16(12-22-17-7-3-4-9-19-17)18-10-8-13-11-20-15-6-2-1-5-14(13)15/h1-7,9,11,20H,8,10,12H2,(H,18,21). The molecule has 1 aromatic carbocycles. The van der Waals surface area contributed by atoms with Crippen molar-refractivity contribution in [1.82, 2.24) is 15.3 Å². The number of thioether (sulfide) groups is 1. The Kier molecular flexibility index (Phi) is 4.75. The van der Waals surface area contributed by atoms with Gasteiger partial charge in [-0.25, -0.2) is 4.98 Å². The number of pyridine rings is 1. The molecule has 3 aromatic rings. The van der Waals surface area contributed by atoms with Gasteiger partial charge in [0, 0.05) is 29.8 Å². The van der Waals surface area contributed by atoms with Crippen LogP contribution in [0.3, 0.4) is 0 Å². The second-order valence-corrected chi connectivity index (χ2v) is 5.91. The van der Waals surface area contributed by atoms with E-state index >= 15 is 0 Å². The van der Waals surface area contributed by atoms with Crippen LogP contribution in [0.5, 0.6) is 0 Å². The van der Waals surface area contributed by atoms with Gasteiger partial charge in [0.15, 0.2) is 0 Å². The normalized spacial score (nSPS) is 10.7. The lowest BCUT2D eigenvalue weighted by atomic mass is 10.1. The fourth-order valence-corrected chi connectivity index (χ4v) is 2.99. The molecule has 0 aliphatic heterocycles. The first-order valence-corrected chi connectivity index (χ1v) is 8.17. The van der Waals surface area contributed by atoms with Crippen LogP contribution in [0.4, 0.5) is 0 Å². The molecule has 0 saturated carbocycles. The molecule has 0 spiro atoms. The molecule has 1 amide bonds. The number of fused-ring (bicyclic) bond motifs is 1. The summed E-state index contributed by atoms with van der Waals surface area (Å²) >= 11 is 1.45. The summed E-state index contributed by atoms with van der Waals surface area (Å²) in [6, 6.07) is 13.9. The Labute approximate surface area is 133 Å². The maximum Gasteiger partial charge on any atom is 0.230 e. The van der Waals surface area contributed by atoms with Gasteiger partial charge in [0.2, 0.25) is 5.91 Å². The van der Waals surface area contributed by atoms with Crippen LogP contribution >= 0.6 is 11.8 Å². The average Bonchev–Trinajstić information content (AvgIpc) is 2.97. The van der Waals surface area contributed by atoms with Crippen LogP contribution in [-0.2, 0) is 11.2 Å². The molecule has 0 saturated heterocycles. The number of amides is 1. The number of benzene rings is 1. The summed E-state index contributed by atoms with van der Waals surface area (Å²) in [5.41, 5.74) is 2.36. The Morgan fingerprint density at radius 3 is 2.91 bits per heavy atom. The molecule has 5 heteroatoms. The smallest absolute Gasteiger partial charge is 0.230 e. The highest BCUT2D eigenvalue weighted by atomic mass is 32.2. The first-order valence-electron chi connectivity index (χ1n) is 7.18. The van der Waals surface area contributed by atoms with Gasteiger partial charge < -0.3 is 10.3 Å². The third kappa shape index (κ3) is 3.68. The molecule has 0 aliphatic rings. The molecular formula is C17H17N3OS. The first kappa shape index (κ1) is 14.7. The Hall–Kier alpha value is -2.27. The van der Waals surface area contributed by atoms with Crippen LogP contribution in [-0.4, -0.2) is 28.2 Å². The molecule has 3 rings (SSSR count). The second kappa shape index (κ2) is 7.13. The first-order chi connectivity index (χ1) is 10.8. The minimum Gasteiger partial charge on any atom is -0.361 e. The van der Waals surface area contributed by atoms with Gasteiger partial charge in [-0.2, -0.15) is 0 Å². The lowest BCUT2D eigenvalue weighted by Gasteiger charge is -2.04. The van der Waals surface area contributed by atoms with E-state index in [1.807, 2.05) is 36.5 Å². The third-order valence-electron chi connectivity index (χ3n) is 3.38. The summed E-state index contributed by atoms with van der Waals surface area (Å²) in [5.74, 6) is 0.431. The fourth-order valence-electron chi connectivity index (χ4n) is 2.30. The van der Waals surface area contributed by atoms with Crippen LogP contribution in [0.15, 0.2) is 59.9 Å². The van der Waals surface area contributed by atoms with Gasteiger partial charge in [-0.05, 0) is 30.2 Å². The van der Waals surface area contributed by atoms with E-state index in [0.29, 0.717) is 12.3 Å². The van der Waals surface area contributed by atoms with Crippen molar-refractivity contribution in [2.24, 2.45) is 0 Å². The van der Waals surface area contributed by atoms with Crippen LogP contribution in [0, 0.1) is 0 Å². The maximum absolute atomic E-state index is 11.8. The van der Waals surface area contributed by atoms with Gasteiger partial charge in [-0.1, -0.05) is 36.0 Å². The van der Waals surface area contributed by atoms with Gasteiger partial charge in [-0.15, -0.1) is 0 Å². The predicted molar refractivity (Wildman–Crippen MR) is 90.0 cm³/mol. The molecule has 22 heavy (non-hydrogen) atoms. The third-order valence-corrected chi connectivity index (χ3v) is 4.32. The van der Waals surface area contributed by atoms with Crippen LogP contribution < -0.4 is 5.32 Å². The monoisotopic (exact) mass is 311 g/mol. The Balaban J connectivity index is 1.45. The van der Waals surface area contributed by atoms with Gasteiger partial charge in [-0.3, -0.25) is 4.79 Å². The molecular weight excluding hydrogens is 294 g/mol. The number of nitrogens with one attached hydrogen (secondary N) is 2. The Morgan fingerprint density at radius 2 is 2.05 bits per heavy atom. The van der Waals surface area contributed by atoms with Crippen LogP contribution in [0.2, 0.25) is 0 Å². The molecule has 0 bridgehead atoms. The quantitative estimate of drug-likeness (QED) is 0.688. The minimum atomic E-state index is 0.0375. The summed E-state index contributed by atoms with van der Waals surface area (Å²) < 4.78 is 0. The largest absolute Gasteiger partial charge is 0.361 e. The summed E-state index contributed by atoms with van der Waals surface area (Å²) in [7, 11) is 0. The van der Waals surface area contributed by atoms with E-state index in [4.69, 9.17) is 0 Å². The molecule has 0 aliphatic carbocycles. The average molecular weight is 311 g/mol. The van der Waals surface area contributed by atoms with Gasteiger partial charge in [0.25, 0.3) is 0 Å². The second-order valence-electron chi connectivity index (χ2n) is 4.92. The van der Waals surface area contributed by atoms with E-state index in [-0.39, 0.29) is 5.91 Å². The number of nitrogens with zero attached hydrogens (tertiary/aromatic N) is 1. The van der Waals surface area contributed by atoms with Crippen molar-refractivity contribution >= 4 is 28.6 Å². The van der Waals surface area contributed by atoms with E-state index in [1.54, 1.807) is 6.20 Å². The molecule has 0 atom stereocenters. The number of aromatic nitrogens is 2. The number of carbonyl (C=O) groups excluding carboxylic acids is 1. The van der Waals surface area contributed by atoms with Gasteiger partial charge in [0.1, 0.15) is 0 Å². The van der Waals surface area contributed by atoms with Crippen molar-refractivity contribution in [3.05, 3.63) is 60.4 Å². The highest BCUT2D eigenvalue weighted by Crippen LogP contribution is 2.17. The zero-order valence-electron chi connectivity index (χ0n) is 12.1. The molecule has 112 valence electrons. The molecule has 2 N–H and O–H groups in total. The predicted octanol–water partition coefficient (Wildman–Crippen LogP) is 3.01. The van der Waals surface area contributed by atoms with Crippen LogP contribution in [0.25, 0.3) is 10.9 Å². The summed E-state index contributed by atoms with van der Waals surface area (Å²) in [4.78, 5) is 19.3. The highest BCUT2D eigenvalue weighted by molar-refractivity contribution is 7.99. The highest BCUT2D eigenvalue weighted by Gasteiger charge is 2.05. The summed E-state index contributed by atoms with van der Waals surface area (Å²) in [5, 5.41) is 5.05. The molecule has 0 fully saturated rings. The number of rotatable bonds is 6. The van der Waals surface area contributed by atoms with Crippen LogP contribution in [0.1, 0.15) is 5.56 Å². The van der Waals surface area contributed by atoms with Crippen molar-refractivity contribution in [2.45, 2.75) is 11.4 Å². The zero-order valence-corrected chi connectivity index (χ0v) is 12.9. The molecule has 2 heterocycles. The van der Waals surface area contributed by atoms with E-state index in [0.717, 1.165) is 17.0 Å². The minimum absolute atomic E-state index is 0.0375. The molecule has 0 radical (unpaired) electrons. The van der Waals surface area contributed by atoms with E-state index in [1.165, 1.54) is 22.7 Å². The van der Waals surface area contributed by atoms with Crippen molar-refractivity contribution in [2.75, 3.05) is 12.3 Å². The molecule has 0 unspecified atom stereocenters.